The van der Waals surface area contributed by atoms with E-state index in [1.54, 1.807) is 12.3 Å². The Labute approximate surface area is 125 Å². The molecule has 1 N–H and O–H groups in total. The first-order valence-corrected chi connectivity index (χ1v) is 8.30. The summed E-state index contributed by atoms with van der Waals surface area (Å²) in [5.74, 6) is 1.36. The Balaban J connectivity index is 2.21. The molecule has 0 spiro atoms. The van der Waals surface area contributed by atoms with Crippen LogP contribution in [0.25, 0.3) is 0 Å². The van der Waals surface area contributed by atoms with Crippen molar-refractivity contribution in [3.63, 3.8) is 0 Å². The van der Waals surface area contributed by atoms with E-state index in [4.69, 9.17) is 0 Å². The van der Waals surface area contributed by atoms with Gasteiger partial charge in [0, 0.05) is 47.9 Å². The van der Waals surface area contributed by atoms with E-state index in [1.165, 1.54) is 0 Å². The molecule has 0 aromatic carbocycles. The Kier molecular flexibility index (Phi) is 5.27. The molecule has 0 saturated carbocycles. The van der Waals surface area contributed by atoms with E-state index in [1.807, 2.05) is 11.8 Å². The van der Waals surface area contributed by atoms with Gasteiger partial charge in [0.05, 0.1) is 0 Å². The van der Waals surface area contributed by atoms with Crippen LogP contribution in [0.2, 0.25) is 0 Å². The number of pyridine rings is 1. The highest BCUT2D eigenvalue weighted by atomic mass is 32.2. The zero-order chi connectivity index (χ0) is 14.7. The van der Waals surface area contributed by atoms with Crippen LogP contribution in [0.5, 0.6) is 0 Å². The minimum absolute atomic E-state index is 0.174. The lowest BCUT2D eigenvalue weighted by Crippen LogP contribution is -2.45. The Morgan fingerprint density at radius 2 is 2.25 bits per heavy atom. The van der Waals surface area contributed by atoms with Gasteiger partial charge in [-0.3, -0.25) is 0 Å². The molecule has 5 heteroatoms. The quantitative estimate of drug-likeness (QED) is 0.924. The fraction of sp³-hybridized carbons (Fsp3) is 0.667. The topological polar surface area (TPSA) is 28.2 Å². The molecular weight excluding hydrogens is 273 g/mol. The highest BCUT2D eigenvalue weighted by molar-refractivity contribution is 8.00. The molecule has 0 amide bonds. The second kappa shape index (κ2) is 6.76. The maximum Gasteiger partial charge on any atom is 0.170 e. The van der Waals surface area contributed by atoms with Gasteiger partial charge >= 0.3 is 0 Å². The Bertz CT molecular complexity index is 453. The molecular formula is C15H24FN3S. The minimum atomic E-state index is -0.174. The third-order valence-electron chi connectivity index (χ3n) is 3.81. The molecule has 1 aliphatic rings. The van der Waals surface area contributed by atoms with Crippen LogP contribution in [0.3, 0.4) is 0 Å². The van der Waals surface area contributed by atoms with Crippen LogP contribution in [-0.2, 0) is 6.54 Å². The van der Waals surface area contributed by atoms with E-state index in [2.05, 4.69) is 42.9 Å². The summed E-state index contributed by atoms with van der Waals surface area (Å²) in [6.45, 7) is 9.88. The van der Waals surface area contributed by atoms with Crippen LogP contribution in [0.15, 0.2) is 12.3 Å². The number of nitrogens with zero attached hydrogens (tertiary/aromatic N) is 2. The van der Waals surface area contributed by atoms with E-state index in [9.17, 15) is 4.39 Å². The second-order valence-electron chi connectivity index (χ2n) is 5.65. The van der Waals surface area contributed by atoms with Crippen LogP contribution in [0.4, 0.5) is 10.2 Å². The minimum Gasteiger partial charge on any atom is -0.350 e. The fourth-order valence-electron chi connectivity index (χ4n) is 2.35. The van der Waals surface area contributed by atoms with Crippen LogP contribution in [0.1, 0.15) is 33.3 Å². The molecule has 1 aromatic rings. The van der Waals surface area contributed by atoms with Crippen molar-refractivity contribution in [2.24, 2.45) is 0 Å². The third-order valence-corrected chi connectivity index (χ3v) is 5.15. The summed E-state index contributed by atoms with van der Waals surface area (Å²) in [6.07, 6.45) is 1.72. The molecule has 20 heavy (non-hydrogen) atoms. The first kappa shape index (κ1) is 15.6. The van der Waals surface area contributed by atoms with Gasteiger partial charge in [0.25, 0.3) is 0 Å². The smallest absolute Gasteiger partial charge is 0.170 e. The second-order valence-corrected chi connectivity index (χ2v) is 7.14. The molecule has 0 radical (unpaired) electrons. The largest absolute Gasteiger partial charge is 0.350 e. The monoisotopic (exact) mass is 297 g/mol. The van der Waals surface area contributed by atoms with E-state index in [-0.39, 0.29) is 5.82 Å². The standard InChI is InChI=1S/C15H24FN3S/c1-10(2)18-9-13-5-6-17-15(14(13)16)19-7-8-20-12(4)11(19)3/h5-6,10-12,18H,7-9H2,1-4H3. The zero-order valence-electron chi connectivity index (χ0n) is 12.7. The summed E-state index contributed by atoms with van der Waals surface area (Å²) in [7, 11) is 0. The van der Waals surface area contributed by atoms with Crippen molar-refractivity contribution in [2.45, 2.75) is 51.6 Å². The van der Waals surface area contributed by atoms with Crippen LogP contribution >= 0.6 is 11.8 Å². The molecule has 112 valence electrons. The van der Waals surface area contributed by atoms with Gasteiger partial charge in [0.2, 0.25) is 0 Å². The summed E-state index contributed by atoms with van der Waals surface area (Å²) in [4.78, 5) is 6.39. The van der Waals surface area contributed by atoms with Crippen molar-refractivity contribution < 1.29 is 4.39 Å². The lowest BCUT2D eigenvalue weighted by atomic mass is 10.1. The average molecular weight is 297 g/mol. The van der Waals surface area contributed by atoms with Gasteiger partial charge in [-0.2, -0.15) is 11.8 Å². The Hall–Kier alpha value is -0.810. The maximum absolute atomic E-state index is 14.7. The Morgan fingerprint density at radius 3 is 2.95 bits per heavy atom. The lowest BCUT2D eigenvalue weighted by Gasteiger charge is -2.38. The first-order chi connectivity index (χ1) is 9.50. The van der Waals surface area contributed by atoms with Crippen LogP contribution in [-0.4, -0.2) is 34.6 Å². The highest BCUT2D eigenvalue weighted by Crippen LogP contribution is 2.30. The number of thioether (sulfide) groups is 1. The zero-order valence-corrected chi connectivity index (χ0v) is 13.5. The fourth-order valence-corrected chi connectivity index (χ4v) is 3.45. The summed E-state index contributed by atoms with van der Waals surface area (Å²) in [5, 5.41) is 3.76. The molecule has 1 aromatic heterocycles. The average Bonchev–Trinajstić information content (AvgIpc) is 2.41. The molecule has 0 aliphatic carbocycles. The number of rotatable bonds is 4. The van der Waals surface area contributed by atoms with E-state index >= 15 is 0 Å². The van der Waals surface area contributed by atoms with Crippen LogP contribution in [0, 0.1) is 5.82 Å². The number of hydrogen-bond acceptors (Lipinski definition) is 4. The predicted octanol–water partition coefficient (Wildman–Crippen LogP) is 3.05. The van der Waals surface area contributed by atoms with E-state index in [0.29, 0.717) is 35.3 Å². The van der Waals surface area contributed by atoms with Crippen molar-refractivity contribution in [1.82, 2.24) is 10.3 Å². The van der Waals surface area contributed by atoms with Gasteiger partial charge < -0.3 is 10.2 Å². The molecule has 2 atom stereocenters. The van der Waals surface area contributed by atoms with Crippen molar-refractivity contribution in [2.75, 3.05) is 17.2 Å². The predicted molar refractivity (Wildman–Crippen MR) is 84.9 cm³/mol. The third kappa shape index (κ3) is 3.44. The van der Waals surface area contributed by atoms with Gasteiger partial charge in [0.15, 0.2) is 11.6 Å². The highest BCUT2D eigenvalue weighted by Gasteiger charge is 2.28. The van der Waals surface area contributed by atoms with Gasteiger partial charge in [-0.15, -0.1) is 0 Å². The molecule has 1 aliphatic heterocycles. The van der Waals surface area contributed by atoms with E-state index in [0.717, 1.165) is 12.3 Å². The first-order valence-electron chi connectivity index (χ1n) is 7.25. The van der Waals surface area contributed by atoms with Gasteiger partial charge in [-0.05, 0) is 13.0 Å². The molecule has 1 fully saturated rings. The molecule has 1 saturated heterocycles. The van der Waals surface area contributed by atoms with Crippen LogP contribution < -0.4 is 10.2 Å². The summed E-state index contributed by atoms with van der Waals surface area (Å²) >= 11 is 1.94. The number of anilines is 1. The number of hydrogen-bond donors (Lipinski definition) is 1. The number of aromatic nitrogens is 1. The Morgan fingerprint density at radius 1 is 1.50 bits per heavy atom. The molecule has 0 bridgehead atoms. The van der Waals surface area contributed by atoms with Crippen molar-refractivity contribution >= 4 is 17.6 Å². The van der Waals surface area contributed by atoms with Crippen molar-refractivity contribution in [3.8, 4) is 0 Å². The maximum atomic E-state index is 14.7. The molecule has 2 rings (SSSR count). The van der Waals surface area contributed by atoms with E-state index < -0.39 is 0 Å². The summed E-state index contributed by atoms with van der Waals surface area (Å²) < 4.78 is 14.7. The van der Waals surface area contributed by atoms with Gasteiger partial charge in [-0.25, -0.2) is 9.37 Å². The molecule has 2 unspecified atom stereocenters. The number of nitrogens with one attached hydrogen (secondary N) is 1. The van der Waals surface area contributed by atoms with Crippen molar-refractivity contribution in [3.05, 3.63) is 23.6 Å². The lowest BCUT2D eigenvalue weighted by molar-refractivity contribution is 0.536. The SMILES string of the molecule is CC(C)NCc1ccnc(N2CCSC(C)C2C)c1F. The number of halogens is 1. The molecule has 3 nitrogen and oxygen atoms in total. The molecule has 2 heterocycles. The normalized spacial score (nSPS) is 23.4. The van der Waals surface area contributed by atoms with Crippen molar-refractivity contribution in [1.29, 1.82) is 0 Å². The van der Waals surface area contributed by atoms with Gasteiger partial charge in [0.1, 0.15) is 0 Å². The van der Waals surface area contributed by atoms with Gasteiger partial charge in [-0.1, -0.05) is 20.8 Å². The summed E-state index contributed by atoms with van der Waals surface area (Å²) in [6, 6.07) is 2.42. The summed E-state index contributed by atoms with van der Waals surface area (Å²) in [5.41, 5.74) is 0.696.